The molecule has 1 aromatic rings. The van der Waals surface area contributed by atoms with Crippen LogP contribution in [0.3, 0.4) is 0 Å². The van der Waals surface area contributed by atoms with E-state index < -0.39 is 10.0 Å². The lowest BCUT2D eigenvalue weighted by atomic mass is 9.97. The molecule has 5 nitrogen and oxygen atoms in total. The van der Waals surface area contributed by atoms with Gasteiger partial charge in [-0.15, -0.1) is 0 Å². The van der Waals surface area contributed by atoms with Crippen LogP contribution in [0.15, 0.2) is 23.2 Å². The molecule has 1 aliphatic rings. The maximum atomic E-state index is 12.2. The van der Waals surface area contributed by atoms with Gasteiger partial charge in [-0.2, -0.15) is 0 Å². The van der Waals surface area contributed by atoms with E-state index in [0.717, 1.165) is 32.5 Å². The first kappa shape index (κ1) is 15.7. The molecule has 1 aromatic heterocycles. The highest BCUT2D eigenvalue weighted by Gasteiger charge is 2.22. The lowest BCUT2D eigenvalue weighted by Crippen LogP contribution is -2.38. The third kappa shape index (κ3) is 3.91. The Labute approximate surface area is 125 Å². The normalized spacial score (nSPS) is 18.3. The van der Waals surface area contributed by atoms with Crippen LogP contribution in [0, 0.1) is 5.92 Å². The Bertz CT molecular complexity index is 542. The lowest BCUT2D eigenvalue weighted by molar-refractivity contribution is 0.194. The molecule has 112 valence electrons. The minimum absolute atomic E-state index is 0.0146. The van der Waals surface area contributed by atoms with Crippen LogP contribution in [-0.2, 0) is 10.0 Å². The van der Waals surface area contributed by atoms with E-state index in [-0.39, 0.29) is 10.0 Å². The molecule has 1 saturated heterocycles. The van der Waals surface area contributed by atoms with Crippen molar-refractivity contribution >= 4 is 21.6 Å². The number of nitrogens with zero attached hydrogens (tertiary/aromatic N) is 2. The van der Waals surface area contributed by atoms with Crippen molar-refractivity contribution in [2.45, 2.75) is 24.7 Å². The number of nitrogens with one attached hydrogen (secondary N) is 1. The highest BCUT2D eigenvalue weighted by Crippen LogP contribution is 2.20. The minimum Gasteiger partial charge on any atom is -0.304 e. The molecule has 0 unspecified atom stereocenters. The van der Waals surface area contributed by atoms with Gasteiger partial charge in [0, 0.05) is 12.7 Å². The molecule has 1 aliphatic heterocycles. The summed E-state index contributed by atoms with van der Waals surface area (Å²) in [4.78, 5) is 6.23. The van der Waals surface area contributed by atoms with Crippen molar-refractivity contribution < 1.29 is 8.42 Å². The number of likely N-dealkylation sites (tertiary alicyclic amines) is 1. The second-order valence-electron chi connectivity index (χ2n) is 5.02. The largest absolute Gasteiger partial charge is 0.304 e. The van der Waals surface area contributed by atoms with Crippen molar-refractivity contribution in [2.75, 3.05) is 26.2 Å². The fourth-order valence-corrected chi connectivity index (χ4v) is 3.95. The van der Waals surface area contributed by atoms with Crippen LogP contribution < -0.4 is 4.72 Å². The van der Waals surface area contributed by atoms with Crippen molar-refractivity contribution in [3.8, 4) is 0 Å². The van der Waals surface area contributed by atoms with E-state index in [2.05, 4.69) is 21.5 Å². The van der Waals surface area contributed by atoms with E-state index in [1.54, 1.807) is 6.07 Å². The molecule has 0 spiro atoms. The van der Waals surface area contributed by atoms with E-state index in [4.69, 9.17) is 11.6 Å². The summed E-state index contributed by atoms with van der Waals surface area (Å²) in [6.45, 7) is 5.75. The number of aromatic nitrogens is 1. The first-order chi connectivity index (χ1) is 9.53. The molecule has 7 heteroatoms. The summed E-state index contributed by atoms with van der Waals surface area (Å²) >= 11 is 5.83. The SMILES string of the molecule is CCN1CCC(CNS(=O)(=O)c2cccnc2Cl)CC1. The molecule has 2 rings (SSSR count). The number of rotatable bonds is 5. The van der Waals surface area contributed by atoms with Crippen LogP contribution >= 0.6 is 11.6 Å². The van der Waals surface area contributed by atoms with Crippen molar-refractivity contribution in [1.29, 1.82) is 0 Å². The van der Waals surface area contributed by atoms with Crippen molar-refractivity contribution in [3.63, 3.8) is 0 Å². The average Bonchev–Trinajstić information content (AvgIpc) is 2.46. The fourth-order valence-electron chi connectivity index (χ4n) is 2.38. The molecular formula is C13H20ClN3O2S. The zero-order valence-corrected chi connectivity index (χ0v) is 13.1. The molecule has 20 heavy (non-hydrogen) atoms. The highest BCUT2D eigenvalue weighted by molar-refractivity contribution is 7.89. The average molecular weight is 318 g/mol. The van der Waals surface area contributed by atoms with Gasteiger partial charge in [0.2, 0.25) is 10.0 Å². The molecule has 0 radical (unpaired) electrons. The molecule has 0 amide bonds. The molecule has 0 saturated carbocycles. The van der Waals surface area contributed by atoms with E-state index in [0.29, 0.717) is 12.5 Å². The van der Waals surface area contributed by atoms with E-state index in [9.17, 15) is 8.42 Å². The van der Waals surface area contributed by atoms with Gasteiger partial charge in [0.05, 0.1) is 0 Å². The van der Waals surface area contributed by atoms with E-state index in [1.165, 1.54) is 12.3 Å². The number of pyridine rings is 1. The molecule has 1 fully saturated rings. The van der Waals surface area contributed by atoms with Crippen LogP contribution in [0.25, 0.3) is 0 Å². The van der Waals surface area contributed by atoms with Gasteiger partial charge in [-0.25, -0.2) is 18.1 Å². The molecule has 0 bridgehead atoms. The van der Waals surface area contributed by atoms with Crippen molar-refractivity contribution in [2.24, 2.45) is 5.92 Å². The number of hydrogen-bond acceptors (Lipinski definition) is 4. The maximum absolute atomic E-state index is 12.2. The Morgan fingerprint density at radius 2 is 2.15 bits per heavy atom. The van der Waals surface area contributed by atoms with Gasteiger partial charge in [0.1, 0.15) is 10.0 Å². The zero-order chi connectivity index (χ0) is 14.6. The minimum atomic E-state index is -3.57. The molecule has 0 atom stereocenters. The summed E-state index contributed by atoms with van der Waals surface area (Å²) in [5, 5.41) is 0.0146. The summed E-state index contributed by atoms with van der Waals surface area (Å²) < 4.78 is 27.0. The van der Waals surface area contributed by atoms with Gasteiger partial charge in [0.15, 0.2) is 0 Å². The third-order valence-electron chi connectivity index (χ3n) is 3.73. The third-order valence-corrected chi connectivity index (χ3v) is 5.60. The van der Waals surface area contributed by atoms with Crippen molar-refractivity contribution in [1.82, 2.24) is 14.6 Å². The predicted octanol–water partition coefficient (Wildman–Crippen LogP) is 1.75. The van der Waals surface area contributed by atoms with Gasteiger partial charge < -0.3 is 4.90 Å². The second kappa shape index (κ2) is 6.85. The number of sulfonamides is 1. The van der Waals surface area contributed by atoms with Crippen LogP contribution in [0.2, 0.25) is 5.15 Å². The molecule has 0 aromatic carbocycles. The van der Waals surface area contributed by atoms with Crippen LogP contribution in [0.5, 0.6) is 0 Å². The summed E-state index contributed by atoms with van der Waals surface area (Å²) in [5.41, 5.74) is 0. The monoisotopic (exact) mass is 317 g/mol. The topological polar surface area (TPSA) is 62.3 Å². The van der Waals surface area contributed by atoms with Crippen molar-refractivity contribution in [3.05, 3.63) is 23.5 Å². The first-order valence-electron chi connectivity index (χ1n) is 6.85. The Kier molecular flexibility index (Phi) is 5.37. The summed E-state index contributed by atoms with van der Waals surface area (Å²) in [7, 11) is -3.57. The second-order valence-corrected chi connectivity index (χ2v) is 7.12. The Morgan fingerprint density at radius 1 is 1.45 bits per heavy atom. The number of hydrogen-bond donors (Lipinski definition) is 1. The maximum Gasteiger partial charge on any atom is 0.243 e. The Morgan fingerprint density at radius 3 is 2.75 bits per heavy atom. The van der Waals surface area contributed by atoms with Crippen LogP contribution in [0.1, 0.15) is 19.8 Å². The van der Waals surface area contributed by atoms with Gasteiger partial charge in [-0.05, 0) is 50.5 Å². The summed E-state index contributed by atoms with van der Waals surface area (Å²) in [6, 6.07) is 3.04. The van der Waals surface area contributed by atoms with E-state index >= 15 is 0 Å². The number of halogens is 1. The fraction of sp³-hybridized carbons (Fsp3) is 0.615. The quantitative estimate of drug-likeness (QED) is 0.840. The first-order valence-corrected chi connectivity index (χ1v) is 8.71. The van der Waals surface area contributed by atoms with E-state index in [1.807, 2.05) is 0 Å². The van der Waals surface area contributed by atoms with Gasteiger partial charge in [-0.1, -0.05) is 18.5 Å². The smallest absolute Gasteiger partial charge is 0.243 e. The van der Waals surface area contributed by atoms with Gasteiger partial charge >= 0.3 is 0 Å². The Balaban J connectivity index is 1.92. The molecular weight excluding hydrogens is 298 g/mol. The Hall–Kier alpha value is -0.690. The molecule has 0 aliphatic carbocycles. The van der Waals surface area contributed by atoms with Crippen LogP contribution in [0.4, 0.5) is 0 Å². The summed E-state index contributed by atoms with van der Waals surface area (Å²) in [6.07, 6.45) is 3.52. The molecule has 2 heterocycles. The molecule has 1 N–H and O–H groups in total. The lowest BCUT2D eigenvalue weighted by Gasteiger charge is -2.30. The van der Waals surface area contributed by atoms with Crippen LogP contribution in [-0.4, -0.2) is 44.5 Å². The summed E-state index contributed by atoms with van der Waals surface area (Å²) in [5.74, 6) is 0.392. The highest BCUT2D eigenvalue weighted by atomic mass is 35.5. The zero-order valence-electron chi connectivity index (χ0n) is 11.5. The standard InChI is InChI=1S/C13H20ClN3O2S/c1-2-17-8-5-11(6-9-17)10-16-20(18,19)12-4-3-7-15-13(12)14/h3-4,7,11,16H,2,5-6,8-10H2,1H3. The van der Waals surface area contributed by atoms with Gasteiger partial charge in [0.25, 0.3) is 0 Å². The number of piperidine rings is 1. The van der Waals surface area contributed by atoms with Gasteiger partial charge in [-0.3, -0.25) is 0 Å². The predicted molar refractivity (Wildman–Crippen MR) is 79.3 cm³/mol.